The molecule has 0 saturated heterocycles. The average Bonchev–Trinajstić information content (AvgIpc) is 0.811. The van der Waals surface area contributed by atoms with Crippen LogP contribution in [0.2, 0.25) is 0 Å². The van der Waals surface area contributed by atoms with Crippen LogP contribution < -0.4 is 0 Å². The molecule has 0 aromatic heterocycles. The molecule has 5 heavy (non-hydrogen) atoms. The summed E-state index contributed by atoms with van der Waals surface area (Å²) in [4.78, 5) is 8.25. The third-order valence-electron chi connectivity index (χ3n) is 0. The normalized spacial score (nSPS) is 4.80. The molecule has 0 aliphatic rings. The Morgan fingerprint density at radius 1 is 1.40 bits per heavy atom. The number of hydrogen-bond acceptors (Lipinski definition) is 3. The summed E-state index contributed by atoms with van der Waals surface area (Å²) in [5, 5.41) is 14.8. The van der Waals surface area contributed by atoms with E-state index in [1.165, 1.54) is 0 Å². The van der Waals surface area contributed by atoms with Gasteiger partial charge in [0, 0.05) is 0 Å². The molecule has 0 bridgehead atoms. The topological polar surface area (TPSA) is 66.2 Å². The van der Waals surface area contributed by atoms with Crippen LogP contribution in [0.1, 0.15) is 0 Å². The zero-order valence-electron chi connectivity index (χ0n) is 2.25. The third-order valence-corrected chi connectivity index (χ3v) is 0. The molecule has 0 N–H and O–H groups in total. The molecular formula is GaNO3+2. The first-order valence-electron chi connectivity index (χ1n) is 0.548. The maximum absolute atomic E-state index is 8.25. The van der Waals surface area contributed by atoms with Gasteiger partial charge in [0.2, 0.25) is 0 Å². The van der Waals surface area contributed by atoms with Crippen molar-refractivity contribution in [1.29, 1.82) is 0 Å². The Bertz CT molecular complexity index is 29.9. The van der Waals surface area contributed by atoms with Gasteiger partial charge in [-0.25, -0.2) is 0 Å². The van der Waals surface area contributed by atoms with Crippen LogP contribution in [0, 0.1) is 15.3 Å². The van der Waals surface area contributed by atoms with Crippen molar-refractivity contribution in [1.82, 2.24) is 0 Å². The quantitative estimate of drug-likeness (QED) is 0.250. The van der Waals surface area contributed by atoms with E-state index in [4.69, 9.17) is 15.3 Å². The Hall–Kier alpha value is -0.164. The van der Waals surface area contributed by atoms with Gasteiger partial charge in [0.15, 0.2) is 0 Å². The maximum atomic E-state index is 8.25. The predicted molar refractivity (Wildman–Crippen MR) is 16.1 cm³/mol. The Balaban J connectivity index is 0. The first-order valence-corrected chi connectivity index (χ1v) is 0.548. The van der Waals surface area contributed by atoms with E-state index >= 15 is 0 Å². The standard InChI is InChI=1S/Ga.NO3/c;2-1(3)4/q+3;-1. The van der Waals surface area contributed by atoms with Crippen molar-refractivity contribution >= 4 is 19.8 Å². The number of hydrogen-bond donors (Lipinski definition) is 0. The van der Waals surface area contributed by atoms with E-state index in [9.17, 15) is 0 Å². The summed E-state index contributed by atoms with van der Waals surface area (Å²) < 4.78 is 0. The molecule has 0 atom stereocenters. The van der Waals surface area contributed by atoms with E-state index in [0.29, 0.717) is 0 Å². The van der Waals surface area contributed by atoms with E-state index in [1.807, 2.05) is 0 Å². The average molecular weight is 132 g/mol. The summed E-state index contributed by atoms with van der Waals surface area (Å²) in [6, 6.07) is 0. The number of nitrogens with zero attached hydrogens (tertiary/aromatic N) is 1. The van der Waals surface area contributed by atoms with Crippen LogP contribution in [0.15, 0.2) is 0 Å². The molecule has 0 heterocycles. The minimum Gasteiger partial charge on any atom is -0.356 e. The Kier molecular flexibility index (Phi) is 6.79. The van der Waals surface area contributed by atoms with Crippen LogP contribution in [0.5, 0.6) is 0 Å². The van der Waals surface area contributed by atoms with Gasteiger partial charge in [-0.3, -0.25) is 0 Å². The fraction of sp³-hybridized carbons (Fsp3) is 0. The summed E-state index contributed by atoms with van der Waals surface area (Å²) >= 11 is 0. The van der Waals surface area contributed by atoms with Crippen molar-refractivity contribution in [3.05, 3.63) is 15.3 Å². The second kappa shape index (κ2) is 3.84. The molecule has 0 fully saturated rings. The fourth-order valence-electron chi connectivity index (χ4n) is 0. The minimum absolute atomic E-state index is 0. The van der Waals surface area contributed by atoms with Gasteiger partial charge in [0.1, 0.15) is 0 Å². The predicted octanol–water partition coefficient (Wildman–Crippen LogP) is -0.620. The third kappa shape index (κ3) is 483. The van der Waals surface area contributed by atoms with E-state index in [2.05, 4.69) is 0 Å². The van der Waals surface area contributed by atoms with Crippen molar-refractivity contribution in [3.63, 3.8) is 0 Å². The number of rotatable bonds is 0. The Morgan fingerprint density at radius 2 is 1.40 bits per heavy atom. The monoisotopic (exact) mass is 131 g/mol. The Labute approximate surface area is 41.0 Å². The van der Waals surface area contributed by atoms with E-state index in [0.717, 1.165) is 0 Å². The van der Waals surface area contributed by atoms with Crippen molar-refractivity contribution in [2.75, 3.05) is 0 Å². The van der Waals surface area contributed by atoms with E-state index in [-0.39, 0.29) is 19.8 Å². The molecule has 24 valence electrons. The molecular weight excluding hydrogens is 132 g/mol. The molecule has 4 nitrogen and oxygen atoms in total. The zero-order valence-corrected chi connectivity index (χ0v) is 4.67. The molecule has 5 heteroatoms. The largest absolute Gasteiger partial charge is 3.00 e. The molecule has 0 spiro atoms. The van der Waals surface area contributed by atoms with Crippen LogP contribution in [-0.4, -0.2) is 24.9 Å². The van der Waals surface area contributed by atoms with E-state index in [1.54, 1.807) is 0 Å². The summed E-state index contributed by atoms with van der Waals surface area (Å²) in [6.07, 6.45) is 0. The molecule has 0 unspecified atom stereocenters. The molecule has 0 radical (unpaired) electrons. The Morgan fingerprint density at radius 3 is 1.40 bits per heavy atom. The molecule has 0 saturated carbocycles. The van der Waals surface area contributed by atoms with Crippen molar-refractivity contribution < 1.29 is 5.09 Å². The van der Waals surface area contributed by atoms with Crippen LogP contribution in [0.3, 0.4) is 0 Å². The minimum atomic E-state index is -1.75. The molecule has 0 aliphatic carbocycles. The van der Waals surface area contributed by atoms with Gasteiger partial charge in [0.25, 0.3) is 0 Å². The van der Waals surface area contributed by atoms with Crippen molar-refractivity contribution in [2.45, 2.75) is 0 Å². The van der Waals surface area contributed by atoms with Crippen LogP contribution >= 0.6 is 0 Å². The smallest absolute Gasteiger partial charge is 0.356 e. The SMILES string of the molecule is O=[N+]([O-])[O-].[Ga+3]. The zero-order chi connectivity index (χ0) is 3.58. The van der Waals surface area contributed by atoms with Gasteiger partial charge < -0.3 is 15.3 Å². The van der Waals surface area contributed by atoms with Gasteiger partial charge in [-0.1, -0.05) is 0 Å². The molecule has 0 aromatic rings. The van der Waals surface area contributed by atoms with Gasteiger partial charge in [0.05, 0.1) is 5.09 Å². The molecule has 0 amide bonds. The fourth-order valence-corrected chi connectivity index (χ4v) is 0. The first kappa shape index (κ1) is 8.85. The first-order chi connectivity index (χ1) is 1.73. The summed E-state index contributed by atoms with van der Waals surface area (Å²) in [5.74, 6) is 0. The summed E-state index contributed by atoms with van der Waals surface area (Å²) in [5.41, 5.74) is 0. The summed E-state index contributed by atoms with van der Waals surface area (Å²) in [7, 11) is 0. The van der Waals surface area contributed by atoms with Gasteiger partial charge >= 0.3 is 19.8 Å². The van der Waals surface area contributed by atoms with Gasteiger partial charge in [-0.15, -0.1) is 0 Å². The van der Waals surface area contributed by atoms with E-state index < -0.39 is 5.09 Å². The molecule has 0 rings (SSSR count). The maximum Gasteiger partial charge on any atom is 3.00 e. The second-order valence-electron chi connectivity index (χ2n) is 0.224. The van der Waals surface area contributed by atoms with Crippen LogP contribution in [0.4, 0.5) is 0 Å². The van der Waals surface area contributed by atoms with Crippen molar-refractivity contribution in [2.24, 2.45) is 0 Å². The molecule has 0 aliphatic heterocycles. The van der Waals surface area contributed by atoms with Crippen LogP contribution in [-0.2, 0) is 0 Å². The second-order valence-corrected chi connectivity index (χ2v) is 0.224. The van der Waals surface area contributed by atoms with Gasteiger partial charge in [-0.05, 0) is 0 Å². The van der Waals surface area contributed by atoms with Crippen molar-refractivity contribution in [3.8, 4) is 0 Å². The van der Waals surface area contributed by atoms with Crippen LogP contribution in [0.25, 0.3) is 0 Å². The van der Waals surface area contributed by atoms with Gasteiger partial charge in [-0.2, -0.15) is 0 Å². The summed E-state index contributed by atoms with van der Waals surface area (Å²) in [6.45, 7) is 0. The molecule has 0 aromatic carbocycles.